The fraction of sp³-hybridized carbons (Fsp3) is 0.394. The molecule has 4 aromatic rings. The van der Waals surface area contributed by atoms with Gasteiger partial charge in [-0.25, -0.2) is 0 Å². The molecule has 3 aromatic carbocycles. The number of nitrogens with zero attached hydrogens (tertiary/aromatic N) is 2. The molecule has 1 unspecified atom stereocenters. The number of hydrogen-bond acceptors (Lipinski definition) is 4. The molecule has 0 fully saturated rings. The third-order valence-corrected chi connectivity index (χ3v) is 7.87. The van der Waals surface area contributed by atoms with Crippen LogP contribution < -0.4 is 15.4 Å². The van der Waals surface area contributed by atoms with E-state index in [0.717, 1.165) is 50.0 Å². The van der Waals surface area contributed by atoms with Crippen LogP contribution in [0.25, 0.3) is 10.9 Å². The number of ether oxygens (including phenoxy) is 1. The summed E-state index contributed by atoms with van der Waals surface area (Å²) in [4.78, 5) is 2.14. The number of rotatable bonds is 11. The Morgan fingerprint density at radius 3 is 2.33 bits per heavy atom. The molecule has 5 nitrogen and oxygen atoms in total. The summed E-state index contributed by atoms with van der Waals surface area (Å²) < 4.78 is 8.70. The van der Waals surface area contributed by atoms with E-state index in [1.165, 1.54) is 52.7 Å². The van der Waals surface area contributed by atoms with Crippen molar-refractivity contribution in [1.29, 1.82) is 0 Å². The van der Waals surface area contributed by atoms with Crippen LogP contribution in [0.5, 0.6) is 11.5 Å². The molecule has 0 aliphatic heterocycles. The second-order valence-corrected chi connectivity index (χ2v) is 10.9. The number of hydrogen-bond donors (Lipinski definition) is 2. The summed E-state index contributed by atoms with van der Waals surface area (Å²) in [6.45, 7) is 1.66. The zero-order valence-electron chi connectivity index (χ0n) is 23.6. The average molecular weight is 585 g/mol. The van der Waals surface area contributed by atoms with Gasteiger partial charge in [0.05, 0.1) is 6.61 Å². The molecule has 0 saturated carbocycles. The maximum Gasteiger partial charge on any atom is 0.120 e. The van der Waals surface area contributed by atoms with Gasteiger partial charge in [-0.2, -0.15) is 0 Å². The number of aromatic hydroxyl groups is 1. The van der Waals surface area contributed by atoms with Crippen LogP contribution in [-0.4, -0.2) is 36.4 Å². The number of aromatic nitrogens is 1. The van der Waals surface area contributed by atoms with E-state index in [1.807, 2.05) is 12.1 Å². The summed E-state index contributed by atoms with van der Waals surface area (Å²) in [5.74, 6) is 1.21. The van der Waals surface area contributed by atoms with Gasteiger partial charge in [0, 0.05) is 55.4 Å². The molecule has 1 aliphatic carbocycles. The van der Waals surface area contributed by atoms with Gasteiger partial charge < -0.3 is 25.0 Å². The first-order valence-corrected chi connectivity index (χ1v) is 14.0. The summed E-state index contributed by atoms with van der Waals surface area (Å²) in [6, 6.07) is 23.1. The molecule has 1 aromatic heterocycles. The van der Waals surface area contributed by atoms with Gasteiger partial charge in [-0.3, -0.25) is 0 Å². The summed E-state index contributed by atoms with van der Waals surface area (Å²) >= 11 is 0. The second-order valence-electron chi connectivity index (χ2n) is 10.9. The highest BCUT2D eigenvalue weighted by molar-refractivity contribution is 5.87. The van der Waals surface area contributed by atoms with Crippen LogP contribution in [0.2, 0.25) is 0 Å². The van der Waals surface area contributed by atoms with Crippen LogP contribution in [0, 0.1) is 0 Å². The number of anilines is 1. The number of nitrogens with two attached hydrogens (primary N) is 1. The van der Waals surface area contributed by atoms with Gasteiger partial charge in [-0.05, 0) is 97.7 Å². The summed E-state index contributed by atoms with van der Waals surface area (Å²) in [5, 5.41) is 10.8. The normalized spacial score (nSPS) is 14.2. The van der Waals surface area contributed by atoms with E-state index in [-0.39, 0.29) is 30.9 Å². The largest absolute Gasteiger partial charge is 0.508 e. The van der Waals surface area contributed by atoms with Gasteiger partial charge >= 0.3 is 0 Å². The molecular formula is C33H43Cl2N3O2. The number of phenols is 1. The Labute approximate surface area is 251 Å². The topological polar surface area (TPSA) is 63.6 Å². The Balaban J connectivity index is 0.00000220. The van der Waals surface area contributed by atoms with E-state index in [2.05, 4.69) is 66.0 Å². The molecule has 0 amide bonds. The fourth-order valence-corrected chi connectivity index (χ4v) is 5.69. The Hall–Kier alpha value is -2.86. The second kappa shape index (κ2) is 14.7. The maximum atomic E-state index is 9.49. The highest BCUT2D eigenvalue weighted by Gasteiger charge is 2.23. The Morgan fingerprint density at radius 2 is 1.60 bits per heavy atom. The molecule has 0 radical (unpaired) electrons. The molecule has 0 spiro atoms. The van der Waals surface area contributed by atoms with Crippen molar-refractivity contribution in [2.45, 2.75) is 64.0 Å². The van der Waals surface area contributed by atoms with Crippen LogP contribution in [0.15, 0.2) is 66.7 Å². The minimum Gasteiger partial charge on any atom is -0.508 e. The summed E-state index contributed by atoms with van der Waals surface area (Å²) in [5.41, 5.74) is 14.4. The molecule has 5 rings (SSSR count). The zero-order chi connectivity index (χ0) is 26.5. The highest BCUT2D eigenvalue weighted by atomic mass is 35.5. The van der Waals surface area contributed by atoms with Crippen molar-refractivity contribution < 1.29 is 9.84 Å². The Bertz CT molecular complexity index is 1350. The lowest BCUT2D eigenvalue weighted by molar-refractivity contribution is 0.322. The molecule has 0 bridgehead atoms. The van der Waals surface area contributed by atoms with Crippen molar-refractivity contribution in [3.05, 3.63) is 89.1 Å². The van der Waals surface area contributed by atoms with E-state index in [0.29, 0.717) is 12.4 Å². The molecule has 216 valence electrons. The van der Waals surface area contributed by atoms with Crippen molar-refractivity contribution in [2.75, 3.05) is 25.6 Å². The lowest BCUT2D eigenvalue weighted by Gasteiger charge is -2.21. The predicted molar refractivity (Wildman–Crippen MR) is 172 cm³/mol. The number of benzene rings is 3. The summed E-state index contributed by atoms with van der Waals surface area (Å²) in [6.07, 6.45) is 8.62. The average Bonchev–Trinajstić information content (AvgIpc) is 3.22. The molecule has 1 aliphatic rings. The Kier molecular flexibility index (Phi) is 11.6. The van der Waals surface area contributed by atoms with E-state index in [1.54, 1.807) is 12.1 Å². The van der Waals surface area contributed by atoms with Crippen LogP contribution in [0.1, 0.15) is 48.1 Å². The minimum atomic E-state index is 0. The smallest absolute Gasteiger partial charge is 0.120 e. The molecule has 0 saturated heterocycles. The zero-order valence-corrected chi connectivity index (χ0v) is 25.3. The van der Waals surface area contributed by atoms with Gasteiger partial charge in [0.15, 0.2) is 0 Å². The number of aryl methyl sites for hydroxylation is 2. The van der Waals surface area contributed by atoms with E-state index >= 15 is 0 Å². The predicted octanol–water partition coefficient (Wildman–Crippen LogP) is 7.11. The van der Waals surface area contributed by atoms with Crippen LogP contribution >= 0.6 is 24.8 Å². The molecule has 1 atom stereocenters. The number of unbranched alkanes of at least 4 members (excludes halogenated alkanes) is 2. The van der Waals surface area contributed by atoms with Crippen molar-refractivity contribution in [3.8, 4) is 11.5 Å². The number of halogens is 2. The lowest BCUT2D eigenvalue weighted by atomic mass is 9.92. The van der Waals surface area contributed by atoms with Crippen LogP contribution in [0.3, 0.4) is 0 Å². The van der Waals surface area contributed by atoms with Crippen molar-refractivity contribution in [1.82, 2.24) is 4.57 Å². The SMILES string of the molecule is CN(C)c1ccc(CCCCCn2c3c(c4cc(OCCc5ccc(O)cc5)ccc42)CC(N)CC3)cc1.Cl.Cl. The van der Waals surface area contributed by atoms with Crippen LogP contribution in [-0.2, 0) is 32.2 Å². The number of fused-ring (bicyclic) bond motifs is 3. The highest BCUT2D eigenvalue weighted by Crippen LogP contribution is 2.34. The maximum absolute atomic E-state index is 9.49. The Morgan fingerprint density at radius 1 is 0.900 bits per heavy atom. The van der Waals surface area contributed by atoms with Gasteiger partial charge in [0.25, 0.3) is 0 Å². The van der Waals surface area contributed by atoms with Crippen molar-refractivity contribution in [2.24, 2.45) is 5.73 Å². The van der Waals surface area contributed by atoms with E-state index in [9.17, 15) is 5.11 Å². The van der Waals surface area contributed by atoms with Crippen molar-refractivity contribution in [3.63, 3.8) is 0 Å². The van der Waals surface area contributed by atoms with Gasteiger partial charge in [0.1, 0.15) is 11.5 Å². The van der Waals surface area contributed by atoms with Crippen LogP contribution in [0.4, 0.5) is 5.69 Å². The third kappa shape index (κ3) is 7.66. The number of phenolic OH excluding ortho intramolecular Hbond substituents is 1. The minimum absolute atomic E-state index is 0. The molecular weight excluding hydrogens is 541 g/mol. The van der Waals surface area contributed by atoms with Crippen molar-refractivity contribution >= 4 is 41.4 Å². The molecule has 40 heavy (non-hydrogen) atoms. The van der Waals surface area contributed by atoms with E-state index < -0.39 is 0 Å². The first-order valence-electron chi connectivity index (χ1n) is 14.0. The molecule has 7 heteroatoms. The van der Waals surface area contributed by atoms with Gasteiger partial charge in [-0.15, -0.1) is 24.8 Å². The first-order chi connectivity index (χ1) is 18.5. The lowest BCUT2D eigenvalue weighted by Crippen LogP contribution is -2.28. The standard InChI is InChI=1S/C33H41N3O2.2ClH/c1-35(2)27-12-7-24(8-13-27)6-4-3-5-20-36-32-17-11-26(34)22-30(32)31-23-29(16-18-33(31)36)38-21-19-25-9-14-28(37)15-10-25;;/h7-10,12-16,18,23,26,37H,3-6,11,17,19-22,34H2,1-2H3;2*1H. The first kappa shape index (κ1) is 31.7. The van der Waals surface area contributed by atoms with Gasteiger partial charge in [-0.1, -0.05) is 30.7 Å². The fourth-order valence-electron chi connectivity index (χ4n) is 5.69. The molecule has 1 heterocycles. The third-order valence-electron chi connectivity index (χ3n) is 7.87. The molecule has 3 N–H and O–H groups in total. The van der Waals surface area contributed by atoms with Gasteiger partial charge in [0.2, 0.25) is 0 Å². The quantitative estimate of drug-likeness (QED) is 0.185. The summed E-state index contributed by atoms with van der Waals surface area (Å²) in [7, 11) is 4.17. The monoisotopic (exact) mass is 583 g/mol. The van der Waals surface area contributed by atoms with E-state index in [4.69, 9.17) is 10.5 Å².